The zero-order valence-electron chi connectivity index (χ0n) is 18.2. The van der Waals surface area contributed by atoms with Gasteiger partial charge in [-0.1, -0.05) is 12.1 Å². The number of likely N-dealkylation sites (tertiary alicyclic amines) is 1. The number of aromatic nitrogens is 2. The molecule has 0 bridgehead atoms. The van der Waals surface area contributed by atoms with Gasteiger partial charge in [0.05, 0.1) is 18.3 Å². The zero-order valence-corrected chi connectivity index (χ0v) is 18.2. The summed E-state index contributed by atoms with van der Waals surface area (Å²) in [7, 11) is 0. The maximum atomic E-state index is 13.4. The van der Waals surface area contributed by atoms with Gasteiger partial charge in [0.1, 0.15) is 11.6 Å². The van der Waals surface area contributed by atoms with Gasteiger partial charge in [-0.25, -0.2) is 13.8 Å². The summed E-state index contributed by atoms with van der Waals surface area (Å²) in [6.07, 6.45) is 7.05. The first-order chi connectivity index (χ1) is 16.0. The molecule has 1 aromatic heterocycles. The highest BCUT2D eigenvalue weighted by Crippen LogP contribution is 2.32. The molecule has 1 N–H and O–H groups in total. The molecular weight excluding hydrogens is 426 g/mol. The smallest absolute Gasteiger partial charge is 0.224 e. The molecule has 0 spiro atoms. The molecule has 0 radical (unpaired) electrons. The largest absolute Gasteiger partial charge is 0.377 e. The summed E-state index contributed by atoms with van der Waals surface area (Å²) < 4.78 is 34.8. The van der Waals surface area contributed by atoms with Crippen LogP contribution in [-0.2, 0) is 22.6 Å². The number of piperidine rings is 1. The van der Waals surface area contributed by atoms with Gasteiger partial charge in [0.25, 0.3) is 0 Å². The van der Waals surface area contributed by atoms with Crippen LogP contribution in [-0.4, -0.2) is 45.7 Å². The molecule has 0 unspecified atom stereocenters. The first-order valence-corrected chi connectivity index (χ1v) is 11.2. The summed E-state index contributed by atoms with van der Waals surface area (Å²) in [6, 6.07) is 11.9. The number of imidazole rings is 1. The molecule has 2 saturated heterocycles. The SMILES string of the molecule is O=C(NCc1cc(F)cc(F)c1)[C@H]1C[C@H]2OCC[C@H]2N(Cc2ccc(-n3ccnc3)cc2)C1. The Morgan fingerprint density at radius 3 is 2.64 bits per heavy atom. The number of amides is 1. The van der Waals surface area contributed by atoms with Crippen molar-refractivity contribution in [1.29, 1.82) is 0 Å². The summed E-state index contributed by atoms with van der Waals surface area (Å²) in [5.74, 6) is -1.66. The van der Waals surface area contributed by atoms with E-state index in [1.54, 1.807) is 12.5 Å². The van der Waals surface area contributed by atoms with Crippen LogP contribution < -0.4 is 5.32 Å². The van der Waals surface area contributed by atoms with E-state index in [0.29, 0.717) is 31.2 Å². The zero-order chi connectivity index (χ0) is 22.8. The highest BCUT2D eigenvalue weighted by molar-refractivity contribution is 5.79. The Hall–Kier alpha value is -3.10. The number of hydrogen-bond acceptors (Lipinski definition) is 4. The molecule has 2 aliphatic rings. The molecule has 33 heavy (non-hydrogen) atoms. The number of halogens is 2. The fourth-order valence-electron chi connectivity index (χ4n) is 4.89. The molecule has 8 heteroatoms. The minimum atomic E-state index is -0.649. The van der Waals surface area contributed by atoms with Crippen molar-refractivity contribution in [2.75, 3.05) is 13.2 Å². The lowest BCUT2D eigenvalue weighted by molar-refractivity contribution is -0.130. The summed E-state index contributed by atoms with van der Waals surface area (Å²) >= 11 is 0. The topological polar surface area (TPSA) is 59.4 Å². The van der Waals surface area contributed by atoms with Crippen molar-refractivity contribution < 1.29 is 18.3 Å². The minimum Gasteiger partial charge on any atom is -0.377 e. The molecule has 0 aliphatic carbocycles. The quantitative estimate of drug-likeness (QED) is 0.623. The number of ether oxygens (including phenoxy) is 1. The summed E-state index contributed by atoms with van der Waals surface area (Å²) in [5.41, 5.74) is 2.62. The third-order valence-corrected chi connectivity index (χ3v) is 6.50. The predicted octanol–water partition coefficient (Wildman–Crippen LogP) is 3.45. The van der Waals surface area contributed by atoms with Crippen molar-refractivity contribution in [3.63, 3.8) is 0 Å². The third kappa shape index (κ3) is 4.96. The number of benzene rings is 2. The number of rotatable bonds is 6. The maximum absolute atomic E-state index is 13.4. The normalized spacial score (nSPS) is 22.8. The second kappa shape index (κ2) is 9.41. The van der Waals surface area contributed by atoms with Crippen LogP contribution in [0.25, 0.3) is 5.69 Å². The van der Waals surface area contributed by atoms with Gasteiger partial charge in [0.2, 0.25) is 5.91 Å². The summed E-state index contributed by atoms with van der Waals surface area (Å²) in [6.45, 7) is 2.14. The molecule has 3 aromatic rings. The van der Waals surface area contributed by atoms with E-state index in [4.69, 9.17) is 4.74 Å². The van der Waals surface area contributed by atoms with Crippen molar-refractivity contribution in [3.8, 4) is 5.69 Å². The number of carbonyl (C=O) groups is 1. The Bertz CT molecular complexity index is 1080. The van der Waals surface area contributed by atoms with Gasteiger partial charge in [-0.15, -0.1) is 0 Å². The molecule has 3 atom stereocenters. The van der Waals surface area contributed by atoms with E-state index >= 15 is 0 Å². The average Bonchev–Trinajstić information content (AvgIpc) is 3.49. The Kier molecular flexibility index (Phi) is 6.20. The van der Waals surface area contributed by atoms with Gasteiger partial charge in [-0.3, -0.25) is 9.69 Å². The third-order valence-electron chi connectivity index (χ3n) is 6.50. The van der Waals surface area contributed by atoms with Crippen LogP contribution in [0.2, 0.25) is 0 Å². The molecular formula is C25H26F2N4O2. The van der Waals surface area contributed by atoms with Gasteiger partial charge in [0.15, 0.2) is 0 Å². The van der Waals surface area contributed by atoms with E-state index < -0.39 is 11.6 Å². The predicted molar refractivity (Wildman–Crippen MR) is 118 cm³/mol. The van der Waals surface area contributed by atoms with Crippen molar-refractivity contribution in [3.05, 3.63) is 83.9 Å². The monoisotopic (exact) mass is 452 g/mol. The lowest BCUT2D eigenvalue weighted by Crippen LogP contribution is -2.52. The van der Waals surface area contributed by atoms with E-state index in [-0.39, 0.29) is 24.5 Å². The first-order valence-electron chi connectivity index (χ1n) is 11.2. The second-order valence-electron chi connectivity index (χ2n) is 8.76. The van der Waals surface area contributed by atoms with Crippen LogP contribution in [0.15, 0.2) is 61.2 Å². The van der Waals surface area contributed by atoms with Gasteiger partial charge in [0, 0.05) is 56.4 Å². The molecule has 2 aliphatic heterocycles. The van der Waals surface area contributed by atoms with Crippen molar-refractivity contribution in [2.24, 2.45) is 5.92 Å². The molecule has 2 fully saturated rings. The molecule has 2 aromatic carbocycles. The summed E-state index contributed by atoms with van der Waals surface area (Å²) in [4.78, 5) is 19.3. The fourth-order valence-corrected chi connectivity index (χ4v) is 4.89. The van der Waals surface area contributed by atoms with Crippen LogP contribution in [0.3, 0.4) is 0 Å². The number of nitrogens with one attached hydrogen (secondary N) is 1. The van der Waals surface area contributed by atoms with Gasteiger partial charge in [-0.05, 0) is 48.2 Å². The average molecular weight is 453 g/mol. The van der Waals surface area contributed by atoms with Crippen LogP contribution in [0.1, 0.15) is 24.0 Å². The van der Waals surface area contributed by atoms with Crippen molar-refractivity contribution >= 4 is 5.91 Å². The van der Waals surface area contributed by atoms with E-state index in [9.17, 15) is 13.6 Å². The molecule has 3 heterocycles. The van der Waals surface area contributed by atoms with Crippen molar-refractivity contribution in [2.45, 2.75) is 38.1 Å². The Morgan fingerprint density at radius 2 is 1.91 bits per heavy atom. The van der Waals surface area contributed by atoms with Crippen LogP contribution >= 0.6 is 0 Å². The molecule has 5 rings (SSSR count). The number of carbonyl (C=O) groups excluding carboxylic acids is 1. The number of hydrogen-bond donors (Lipinski definition) is 1. The number of fused-ring (bicyclic) bond motifs is 1. The Labute approximate surface area is 191 Å². The Balaban J connectivity index is 1.24. The lowest BCUT2D eigenvalue weighted by Gasteiger charge is -2.40. The van der Waals surface area contributed by atoms with Gasteiger partial charge in [-0.2, -0.15) is 0 Å². The first kappa shape index (κ1) is 21.7. The van der Waals surface area contributed by atoms with E-state index in [2.05, 4.69) is 39.5 Å². The van der Waals surface area contributed by atoms with Crippen LogP contribution in [0.4, 0.5) is 8.78 Å². The van der Waals surface area contributed by atoms with E-state index in [1.165, 1.54) is 17.7 Å². The standard InChI is InChI=1S/C25H26F2N4O2/c26-20-9-18(10-21(27)12-20)13-29-25(32)19-11-24-23(5-8-33-24)31(15-19)14-17-1-3-22(4-2-17)30-7-6-28-16-30/h1-4,6-7,9-10,12,16,19,23-24H,5,8,11,13-15H2,(H,29,32)/t19-,23+,24+/m0/s1. The number of nitrogens with zero attached hydrogens (tertiary/aromatic N) is 3. The lowest BCUT2D eigenvalue weighted by atomic mass is 9.89. The van der Waals surface area contributed by atoms with Crippen LogP contribution in [0.5, 0.6) is 0 Å². The van der Waals surface area contributed by atoms with Gasteiger partial charge < -0.3 is 14.6 Å². The van der Waals surface area contributed by atoms with Gasteiger partial charge >= 0.3 is 0 Å². The molecule has 1 amide bonds. The van der Waals surface area contributed by atoms with Crippen molar-refractivity contribution in [1.82, 2.24) is 19.8 Å². The second-order valence-corrected chi connectivity index (χ2v) is 8.76. The highest BCUT2D eigenvalue weighted by atomic mass is 19.1. The van der Waals surface area contributed by atoms with Crippen LogP contribution in [0, 0.1) is 17.6 Å². The molecule has 0 saturated carbocycles. The summed E-state index contributed by atoms with van der Waals surface area (Å²) in [5, 5.41) is 2.85. The van der Waals surface area contributed by atoms with E-state index in [0.717, 1.165) is 24.7 Å². The maximum Gasteiger partial charge on any atom is 0.224 e. The minimum absolute atomic E-state index is 0.0198. The highest BCUT2D eigenvalue weighted by Gasteiger charge is 2.42. The van der Waals surface area contributed by atoms with E-state index in [1.807, 2.05) is 10.8 Å². The fraction of sp³-hybridized carbons (Fsp3) is 0.360. The Morgan fingerprint density at radius 1 is 1.12 bits per heavy atom. The molecule has 6 nitrogen and oxygen atoms in total. The molecule has 172 valence electrons.